The van der Waals surface area contributed by atoms with Crippen molar-refractivity contribution in [2.75, 3.05) is 5.32 Å². The summed E-state index contributed by atoms with van der Waals surface area (Å²) in [7, 11) is 0. The molecule has 29 heavy (non-hydrogen) atoms. The molecule has 3 heterocycles. The molecule has 1 N–H and O–H groups in total. The van der Waals surface area contributed by atoms with Crippen LogP contribution in [0.25, 0.3) is 16.8 Å². The molecule has 8 heteroatoms. The Morgan fingerprint density at radius 1 is 1.14 bits per heavy atom. The molecule has 150 valence electrons. The van der Waals surface area contributed by atoms with Crippen molar-refractivity contribution in [3.63, 3.8) is 0 Å². The topological polar surface area (TPSA) is 81.1 Å². The van der Waals surface area contributed by atoms with Gasteiger partial charge in [-0.15, -0.1) is 0 Å². The van der Waals surface area contributed by atoms with Gasteiger partial charge >= 0.3 is 0 Å². The molecule has 1 unspecified atom stereocenters. The minimum Gasteiger partial charge on any atom is -0.358 e. The maximum Gasteiger partial charge on any atom is 0.249 e. The van der Waals surface area contributed by atoms with Crippen molar-refractivity contribution < 1.29 is 4.52 Å². The molecule has 0 aliphatic carbocycles. The van der Waals surface area contributed by atoms with E-state index in [1.54, 1.807) is 0 Å². The van der Waals surface area contributed by atoms with E-state index in [2.05, 4.69) is 22.4 Å². The van der Waals surface area contributed by atoms with Crippen LogP contribution in [-0.4, -0.2) is 24.7 Å². The van der Waals surface area contributed by atoms with E-state index in [0.717, 1.165) is 46.0 Å². The number of nitrogens with one attached hydrogen (secondary N) is 1. The molecule has 0 radical (unpaired) electrons. The lowest BCUT2D eigenvalue weighted by Crippen LogP contribution is -2.14. The minimum atomic E-state index is -0.119. The molecular weight excluding hydrogens is 388 g/mol. The lowest BCUT2D eigenvalue weighted by molar-refractivity contribution is 0.356. The van der Waals surface area contributed by atoms with E-state index in [-0.39, 0.29) is 6.04 Å². The van der Waals surface area contributed by atoms with E-state index in [1.807, 2.05) is 56.5 Å². The average molecular weight is 411 g/mol. The van der Waals surface area contributed by atoms with Gasteiger partial charge in [-0.1, -0.05) is 29.7 Å². The van der Waals surface area contributed by atoms with Crippen molar-refractivity contribution in [2.24, 2.45) is 0 Å². The Bertz CT molecular complexity index is 1200. The first kappa shape index (κ1) is 19.4. The summed E-state index contributed by atoms with van der Waals surface area (Å²) < 4.78 is 7.22. The number of anilines is 1. The van der Waals surface area contributed by atoms with Crippen molar-refractivity contribution in [1.82, 2.24) is 24.7 Å². The number of hydrogen-bond donors (Lipinski definition) is 1. The minimum absolute atomic E-state index is 0.119. The third-order valence-electron chi connectivity index (χ3n) is 4.92. The molecule has 1 aromatic carbocycles. The number of halogens is 1. The van der Waals surface area contributed by atoms with Crippen LogP contribution in [0.5, 0.6) is 0 Å². The van der Waals surface area contributed by atoms with Crippen molar-refractivity contribution in [2.45, 2.75) is 47.1 Å². The molecule has 0 bridgehead atoms. The van der Waals surface area contributed by atoms with Gasteiger partial charge in [0.15, 0.2) is 11.5 Å². The monoisotopic (exact) mass is 410 g/mol. The highest BCUT2D eigenvalue weighted by Crippen LogP contribution is 2.33. The highest BCUT2D eigenvalue weighted by molar-refractivity contribution is 6.30. The standard InChI is InChI=1S/C21H23ClN6O/c1-6-17(21-24-14(5)27-29-21)25-18-10-12(3)23-20-19(13(4)26-28(18)20)16-8-7-15(22)9-11(16)2/h7-10,17,25H,6H2,1-5H3. The number of aromatic nitrogens is 5. The number of hydrogen-bond acceptors (Lipinski definition) is 6. The van der Waals surface area contributed by atoms with Crippen LogP contribution in [0.3, 0.4) is 0 Å². The average Bonchev–Trinajstić information content (AvgIpc) is 3.23. The van der Waals surface area contributed by atoms with Crippen LogP contribution < -0.4 is 5.32 Å². The zero-order valence-corrected chi connectivity index (χ0v) is 17.9. The summed E-state index contributed by atoms with van der Waals surface area (Å²) in [5.41, 5.74) is 5.76. The number of benzene rings is 1. The molecule has 0 saturated heterocycles. The van der Waals surface area contributed by atoms with Crippen molar-refractivity contribution in [1.29, 1.82) is 0 Å². The van der Waals surface area contributed by atoms with Gasteiger partial charge in [0.2, 0.25) is 5.89 Å². The normalized spacial score (nSPS) is 12.5. The number of aryl methyl sites for hydroxylation is 4. The molecule has 7 nitrogen and oxygen atoms in total. The summed E-state index contributed by atoms with van der Waals surface area (Å²) >= 11 is 6.15. The van der Waals surface area contributed by atoms with Crippen LogP contribution in [-0.2, 0) is 0 Å². The molecule has 0 spiro atoms. The Labute approximate surface area is 174 Å². The second kappa shape index (κ2) is 7.48. The van der Waals surface area contributed by atoms with Gasteiger partial charge in [-0.25, -0.2) is 4.98 Å². The number of rotatable bonds is 5. The van der Waals surface area contributed by atoms with E-state index < -0.39 is 0 Å². The molecule has 4 rings (SSSR count). The Morgan fingerprint density at radius 2 is 1.93 bits per heavy atom. The van der Waals surface area contributed by atoms with E-state index in [9.17, 15) is 0 Å². The van der Waals surface area contributed by atoms with Gasteiger partial charge in [-0.05, 0) is 57.4 Å². The lowest BCUT2D eigenvalue weighted by Gasteiger charge is -2.16. The first-order valence-electron chi connectivity index (χ1n) is 9.57. The zero-order chi connectivity index (χ0) is 20.7. The van der Waals surface area contributed by atoms with Gasteiger partial charge < -0.3 is 9.84 Å². The fourth-order valence-corrected chi connectivity index (χ4v) is 3.77. The lowest BCUT2D eigenvalue weighted by atomic mass is 10.0. The molecule has 0 saturated carbocycles. The Hall–Kier alpha value is -2.93. The molecule has 0 amide bonds. The van der Waals surface area contributed by atoms with Crippen molar-refractivity contribution in [3.05, 3.63) is 58.0 Å². The summed E-state index contributed by atoms with van der Waals surface area (Å²) in [5, 5.41) is 12.9. The predicted molar refractivity (Wildman–Crippen MR) is 113 cm³/mol. The van der Waals surface area contributed by atoms with E-state index >= 15 is 0 Å². The van der Waals surface area contributed by atoms with E-state index in [1.165, 1.54) is 0 Å². The van der Waals surface area contributed by atoms with E-state index in [4.69, 9.17) is 26.2 Å². The Kier molecular flexibility index (Phi) is 5.00. The van der Waals surface area contributed by atoms with Gasteiger partial charge in [-0.2, -0.15) is 14.6 Å². The van der Waals surface area contributed by atoms with Gasteiger partial charge in [0, 0.05) is 22.3 Å². The molecule has 3 aromatic heterocycles. The van der Waals surface area contributed by atoms with Crippen LogP contribution in [0.15, 0.2) is 28.8 Å². The molecule has 4 aromatic rings. The highest BCUT2D eigenvalue weighted by Gasteiger charge is 2.21. The Morgan fingerprint density at radius 3 is 2.59 bits per heavy atom. The van der Waals surface area contributed by atoms with Crippen LogP contribution in [0.1, 0.15) is 48.1 Å². The maximum absolute atomic E-state index is 6.15. The molecule has 0 aliphatic rings. The SMILES string of the molecule is CCC(Nc1cc(C)nc2c(-c3ccc(Cl)cc3C)c(C)nn12)c1nc(C)no1. The highest BCUT2D eigenvalue weighted by atomic mass is 35.5. The molecular formula is C21H23ClN6O. The summed E-state index contributed by atoms with van der Waals surface area (Å²) in [6.07, 6.45) is 0.786. The molecule has 0 aliphatic heterocycles. The van der Waals surface area contributed by atoms with Crippen LogP contribution in [0.4, 0.5) is 5.82 Å². The van der Waals surface area contributed by atoms with Gasteiger partial charge in [0.05, 0.1) is 5.69 Å². The number of fused-ring (bicyclic) bond motifs is 1. The summed E-state index contributed by atoms with van der Waals surface area (Å²) in [5.74, 6) is 2.01. The van der Waals surface area contributed by atoms with Crippen molar-refractivity contribution in [3.8, 4) is 11.1 Å². The Balaban J connectivity index is 1.84. The fourth-order valence-electron chi connectivity index (χ4n) is 3.54. The van der Waals surface area contributed by atoms with Gasteiger partial charge in [-0.3, -0.25) is 0 Å². The largest absolute Gasteiger partial charge is 0.358 e. The van der Waals surface area contributed by atoms with Gasteiger partial charge in [0.25, 0.3) is 0 Å². The summed E-state index contributed by atoms with van der Waals surface area (Å²) in [4.78, 5) is 9.16. The van der Waals surface area contributed by atoms with Crippen molar-refractivity contribution >= 4 is 23.1 Å². The molecule has 1 atom stereocenters. The zero-order valence-electron chi connectivity index (χ0n) is 17.1. The van der Waals surface area contributed by atoms with Crippen LogP contribution >= 0.6 is 11.6 Å². The second-order valence-corrected chi connectivity index (χ2v) is 7.66. The second-order valence-electron chi connectivity index (χ2n) is 7.22. The summed E-state index contributed by atoms with van der Waals surface area (Å²) in [6, 6.07) is 7.73. The quantitative estimate of drug-likeness (QED) is 0.485. The molecule has 0 fully saturated rings. The van der Waals surface area contributed by atoms with E-state index in [0.29, 0.717) is 16.7 Å². The first-order valence-corrected chi connectivity index (χ1v) is 9.95. The fraction of sp³-hybridized carbons (Fsp3) is 0.333. The first-order chi connectivity index (χ1) is 13.9. The smallest absolute Gasteiger partial charge is 0.249 e. The summed E-state index contributed by atoms with van der Waals surface area (Å²) in [6.45, 7) is 9.90. The van der Waals surface area contributed by atoms with Crippen LogP contribution in [0, 0.1) is 27.7 Å². The van der Waals surface area contributed by atoms with Crippen LogP contribution in [0.2, 0.25) is 5.02 Å². The predicted octanol–water partition coefficient (Wildman–Crippen LogP) is 5.23. The third-order valence-corrected chi connectivity index (χ3v) is 5.16. The maximum atomic E-state index is 6.15. The third kappa shape index (κ3) is 3.58. The van der Waals surface area contributed by atoms with Gasteiger partial charge in [0.1, 0.15) is 11.9 Å². The number of nitrogens with zero attached hydrogens (tertiary/aromatic N) is 5.